The first kappa shape index (κ1) is 19.6. The summed E-state index contributed by atoms with van der Waals surface area (Å²) in [6.45, 7) is 5.45. The van der Waals surface area contributed by atoms with E-state index in [9.17, 15) is 0 Å². The van der Waals surface area contributed by atoms with Gasteiger partial charge in [0.05, 0.1) is 18.8 Å². The molecule has 134 valence electrons. The van der Waals surface area contributed by atoms with Crippen molar-refractivity contribution >= 4 is 46.9 Å². The fourth-order valence-electron chi connectivity index (χ4n) is 2.20. The summed E-state index contributed by atoms with van der Waals surface area (Å²) in [6, 6.07) is 5.95. The Morgan fingerprint density at radius 1 is 1.24 bits per heavy atom. The number of aromatic nitrogens is 4. The third-order valence-corrected chi connectivity index (χ3v) is 4.68. The number of imidazole rings is 1. The standard InChI is InChI=1S/C16H21N7S.HI/c1-11(2)15-22-21-14(24-15)9-19-16(17-3)18-8-12-10-23-7-5-4-6-13(23)20-12;/h4-7,10-11H,8-9H2,1-3H3,(H2,17,18,19);1H. The van der Waals surface area contributed by atoms with Gasteiger partial charge in [0.1, 0.15) is 15.7 Å². The Morgan fingerprint density at radius 2 is 2.04 bits per heavy atom. The Labute approximate surface area is 168 Å². The fourth-order valence-corrected chi connectivity index (χ4v) is 2.98. The SMILES string of the molecule is CN=C(NCc1cn2ccccc2n1)NCc1nnc(C(C)C)s1.I. The van der Waals surface area contributed by atoms with E-state index in [0.717, 1.165) is 21.4 Å². The average Bonchev–Trinajstić information content (AvgIpc) is 3.21. The summed E-state index contributed by atoms with van der Waals surface area (Å²) in [7, 11) is 1.75. The van der Waals surface area contributed by atoms with Crippen molar-refractivity contribution in [1.29, 1.82) is 0 Å². The van der Waals surface area contributed by atoms with Gasteiger partial charge in [0.2, 0.25) is 0 Å². The fraction of sp³-hybridized carbons (Fsp3) is 0.375. The van der Waals surface area contributed by atoms with Crippen LogP contribution in [0.5, 0.6) is 0 Å². The second-order valence-corrected chi connectivity index (χ2v) is 6.76. The van der Waals surface area contributed by atoms with Gasteiger partial charge >= 0.3 is 0 Å². The summed E-state index contributed by atoms with van der Waals surface area (Å²) in [6.07, 6.45) is 4.00. The molecule has 0 unspecified atom stereocenters. The normalized spacial score (nSPS) is 11.6. The van der Waals surface area contributed by atoms with E-state index >= 15 is 0 Å². The molecule has 0 fully saturated rings. The summed E-state index contributed by atoms with van der Waals surface area (Å²) in [5, 5.41) is 16.9. The number of nitrogens with one attached hydrogen (secondary N) is 2. The van der Waals surface area contributed by atoms with E-state index in [1.807, 2.05) is 35.0 Å². The molecule has 0 aliphatic rings. The minimum Gasteiger partial charge on any atom is -0.351 e. The summed E-state index contributed by atoms with van der Waals surface area (Å²) >= 11 is 1.63. The Morgan fingerprint density at radius 3 is 2.72 bits per heavy atom. The molecule has 0 atom stereocenters. The number of hydrogen-bond acceptors (Lipinski definition) is 5. The van der Waals surface area contributed by atoms with Crippen LogP contribution in [-0.2, 0) is 13.1 Å². The van der Waals surface area contributed by atoms with E-state index in [1.54, 1.807) is 18.4 Å². The molecule has 3 aromatic rings. The molecule has 7 nitrogen and oxygen atoms in total. The second-order valence-electron chi connectivity index (χ2n) is 5.67. The number of hydrogen-bond donors (Lipinski definition) is 2. The van der Waals surface area contributed by atoms with Crippen molar-refractivity contribution in [3.8, 4) is 0 Å². The Balaban J connectivity index is 0.00000225. The summed E-state index contributed by atoms with van der Waals surface area (Å²) in [5.74, 6) is 1.12. The molecule has 0 amide bonds. The van der Waals surface area contributed by atoms with Crippen molar-refractivity contribution in [2.75, 3.05) is 7.05 Å². The Bertz CT molecular complexity index is 807. The van der Waals surface area contributed by atoms with Crippen molar-refractivity contribution in [2.45, 2.75) is 32.9 Å². The summed E-state index contributed by atoms with van der Waals surface area (Å²) < 4.78 is 2.00. The van der Waals surface area contributed by atoms with Crippen LogP contribution in [0.4, 0.5) is 0 Å². The van der Waals surface area contributed by atoms with Crippen molar-refractivity contribution in [1.82, 2.24) is 30.2 Å². The quantitative estimate of drug-likeness (QED) is 0.340. The summed E-state index contributed by atoms with van der Waals surface area (Å²) in [5.41, 5.74) is 1.90. The maximum Gasteiger partial charge on any atom is 0.191 e. The van der Waals surface area contributed by atoms with Crippen LogP contribution >= 0.6 is 35.3 Å². The average molecular weight is 471 g/mol. The molecule has 0 spiro atoms. The van der Waals surface area contributed by atoms with E-state index in [4.69, 9.17) is 0 Å². The molecule has 2 N–H and O–H groups in total. The molecule has 0 saturated carbocycles. The Hall–Kier alpha value is -1.75. The van der Waals surface area contributed by atoms with E-state index in [1.165, 1.54) is 0 Å². The van der Waals surface area contributed by atoms with Gasteiger partial charge in [-0.15, -0.1) is 34.2 Å². The maximum atomic E-state index is 4.56. The highest BCUT2D eigenvalue weighted by atomic mass is 127. The van der Waals surface area contributed by atoms with Gasteiger partial charge in [0.15, 0.2) is 5.96 Å². The number of rotatable bonds is 5. The smallest absolute Gasteiger partial charge is 0.191 e. The number of aliphatic imine (C=N–C) groups is 1. The van der Waals surface area contributed by atoms with Gasteiger partial charge in [-0.1, -0.05) is 31.3 Å². The van der Waals surface area contributed by atoms with Crippen molar-refractivity contribution < 1.29 is 0 Å². The molecule has 0 aliphatic heterocycles. The van der Waals surface area contributed by atoms with Crippen LogP contribution in [0.15, 0.2) is 35.6 Å². The zero-order chi connectivity index (χ0) is 16.9. The third-order valence-electron chi connectivity index (χ3n) is 3.46. The first-order valence-electron chi connectivity index (χ1n) is 7.85. The van der Waals surface area contributed by atoms with E-state index in [2.05, 4.69) is 44.7 Å². The van der Waals surface area contributed by atoms with Crippen LogP contribution in [0.2, 0.25) is 0 Å². The monoisotopic (exact) mass is 471 g/mol. The summed E-state index contributed by atoms with van der Waals surface area (Å²) in [4.78, 5) is 8.79. The molecule has 3 heterocycles. The van der Waals surface area contributed by atoms with Crippen LogP contribution in [0.25, 0.3) is 5.65 Å². The number of guanidine groups is 1. The molecule has 0 aliphatic carbocycles. The largest absolute Gasteiger partial charge is 0.351 e. The molecular formula is C16H22IN7S. The van der Waals surface area contributed by atoms with Crippen LogP contribution in [0.3, 0.4) is 0 Å². The Kier molecular flexibility index (Phi) is 7.12. The van der Waals surface area contributed by atoms with Crippen LogP contribution in [-0.4, -0.2) is 32.6 Å². The number of fused-ring (bicyclic) bond motifs is 1. The molecule has 3 aromatic heterocycles. The van der Waals surface area contributed by atoms with Gasteiger partial charge in [-0.05, 0) is 12.1 Å². The predicted molar refractivity (Wildman–Crippen MR) is 112 cm³/mol. The second kappa shape index (κ2) is 9.09. The lowest BCUT2D eigenvalue weighted by Crippen LogP contribution is -2.36. The van der Waals surface area contributed by atoms with E-state index < -0.39 is 0 Å². The minimum absolute atomic E-state index is 0. The molecule has 0 aromatic carbocycles. The molecule has 3 rings (SSSR count). The lowest BCUT2D eigenvalue weighted by atomic mass is 10.2. The third kappa shape index (κ3) is 5.11. The van der Waals surface area contributed by atoms with E-state index in [-0.39, 0.29) is 24.0 Å². The van der Waals surface area contributed by atoms with Crippen molar-refractivity contribution in [3.63, 3.8) is 0 Å². The van der Waals surface area contributed by atoms with Crippen LogP contribution in [0, 0.1) is 0 Å². The lowest BCUT2D eigenvalue weighted by molar-refractivity contribution is 0.778. The number of pyridine rings is 1. The lowest BCUT2D eigenvalue weighted by Gasteiger charge is -2.09. The van der Waals surface area contributed by atoms with E-state index in [0.29, 0.717) is 25.0 Å². The van der Waals surface area contributed by atoms with Gasteiger partial charge in [-0.2, -0.15) is 0 Å². The zero-order valence-electron chi connectivity index (χ0n) is 14.4. The highest BCUT2D eigenvalue weighted by Gasteiger charge is 2.08. The predicted octanol–water partition coefficient (Wildman–Crippen LogP) is 2.79. The van der Waals surface area contributed by atoms with Gasteiger partial charge in [-0.25, -0.2) is 4.98 Å². The molecule has 9 heteroatoms. The highest BCUT2D eigenvalue weighted by Crippen LogP contribution is 2.18. The number of halogens is 1. The maximum absolute atomic E-state index is 4.56. The first-order chi connectivity index (χ1) is 11.7. The van der Waals surface area contributed by atoms with Gasteiger partial charge in [-0.3, -0.25) is 4.99 Å². The number of nitrogens with zero attached hydrogens (tertiary/aromatic N) is 5. The van der Waals surface area contributed by atoms with Crippen molar-refractivity contribution in [3.05, 3.63) is 46.3 Å². The highest BCUT2D eigenvalue weighted by molar-refractivity contribution is 14.0. The van der Waals surface area contributed by atoms with Gasteiger partial charge in [0, 0.05) is 25.4 Å². The topological polar surface area (TPSA) is 79.5 Å². The molecule has 25 heavy (non-hydrogen) atoms. The minimum atomic E-state index is 0. The van der Waals surface area contributed by atoms with Crippen molar-refractivity contribution in [2.24, 2.45) is 4.99 Å². The van der Waals surface area contributed by atoms with Gasteiger partial charge < -0.3 is 15.0 Å². The molecular weight excluding hydrogens is 449 g/mol. The molecule has 0 saturated heterocycles. The zero-order valence-corrected chi connectivity index (χ0v) is 17.6. The molecule has 0 bridgehead atoms. The molecule has 0 radical (unpaired) electrons. The van der Waals surface area contributed by atoms with Crippen LogP contribution in [0.1, 0.15) is 35.5 Å². The van der Waals surface area contributed by atoms with Gasteiger partial charge in [0.25, 0.3) is 0 Å². The first-order valence-corrected chi connectivity index (χ1v) is 8.66. The van der Waals surface area contributed by atoms with Crippen LogP contribution < -0.4 is 10.6 Å².